The lowest BCUT2D eigenvalue weighted by molar-refractivity contribution is -0.140. The zero-order valence-electron chi connectivity index (χ0n) is 9.05. The molecular weight excluding hydrogens is 218 g/mol. The minimum atomic E-state index is -0.198. The first-order valence-electron chi connectivity index (χ1n) is 4.37. The molecule has 0 bridgehead atoms. The van der Waals surface area contributed by atoms with E-state index in [1.807, 2.05) is 20.8 Å². The third-order valence-electron chi connectivity index (χ3n) is 1.24. The predicted octanol–water partition coefficient (Wildman–Crippen LogP) is 1.96. The Hall–Kier alpha value is -0.290. The molecule has 0 saturated heterocycles. The number of esters is 1. The summed E-state index contributed by atoms with van der Waals surface area (Å²) in [5.41, 5.74) is -0.0185. The summed E-state index contributed by atoms with van der Waals surface area (Å²) < 4.78 is 5.24. The highest BCUT2D eigenvalue weighted by Crippen LogP contribution is 2.09. The summed E-state index contributed by atoms with van der Waals surface area (Å²) >= 11 is 6.56. The van der Waals surface area contributed by atoms with Crippen molar-refractivity contribution in [3.05, 3.63) is 0 Å². The van der Waals surface area contributed by atoms with Gasteiger partial charge in [0.1, 0.15) is 4.32 Å². The molecule has 14 heavy (non-hydrogen) atoms. The van der Waals surface area contributed by atoms with Crippen molar-refractivity contribution >= 4 is 34.3 Å². The zero-order chi connectivity index (χ0) is 11.2. The van der Waals surface area contributed by atoms with Crippen molar-refractivity contribution in [1.82, 2.24) is 5.32 Å². The number of rotatable bonds is 3. The van der Waals surface area contributed by atoms with Crippen LogP contribution in [-0.2, 0) is 9.53 Å². The molecule has 0 spiro atoms. The van der Waals surface area contributed by atoms with E-state index in [2.05, 4.69) is 10.1 Å². The van der Waals surface area contributed by atoms with Crippen LogP contribution in [0.25, 0.3) is 0 Å². The van der Waals surface area contributed by atoms with E-state index in [1.54, 1.807) is 0 Å². The van der Waals surface area contributed by atoms with Crippen LogP contribution < -0.4 is 5.32 Å². The molecule has 0 aromatic heterocycles. The van der Waals surface area contributed by atoms with Gasteiger partial charge in [0.25, 0.3) is 0 Å². The Balaban J connectivity index is 3.60. The third kappa shape index (κ3) is 8.31. The van der Waals surface area contributed by atoms with Gasteiger partial charge in [0.05, 0.1) is 13.5 Å². The topological polar surface area (TPSA) is 38.3 Å². The van der Waals surface area contributed by atoms with Crippen LogP contribution in [0.2, 0.25) is 0 Å². The van der Waals surface area contributed by atoms with Crippen LogP contribution in [0.15, 0.2) is 0 Å². The van der Waals surface area contributed by atoms with Crippen molar-refractivity contribution in [3.8, 4) is 0 Å². The maximum absolute atomic E-state index is 10.8. The normalized spacial score (nSPS) is 10.9. The molecule has 0 atom stereocenters. The maximum atomic E-state index is 10.8. The van der Waals surface area contributed by atoms with E-state index in [-0.39, 0.29) is 11.5 Å². The molecule has 0 aromatic carbocycles. The van der Waals surface area contributed by atoms with Crippen LogP contribution in [0.5, 0.6) is 0 Å². The number of carbonyl (C=O) groups excluding carboxylic acids is 1. The molecule has 0 aliphatic carbocycles. The molecule has 82 valence electrons. The van der Waals surface area contributed by atoms with Crippen molar-refractivity contribution in [2.75, 3.05) is 12.9 Å². The van der Waals surface area contributed by atoms with Gasteiger partial charge in [0.15, 0.2) is 0 Å². The number of ether oxygens (including phenoxy) is 1. The van der Waals surface area contributed by atoms with Gasteiger partial charge in [-0.1, -0.05) is 24.0 Å². The van der Waals surface area contributed by atoms with E-state index in [0.29, 0.717) is 12.2 Å². The summed E-state index contributed by atoms with van der Waals surface area (Å²) in [6.07, 6.45) is 0.396. The number of nitrogens with one attached hydrogen (secondary N) is 1. The van der Waals surface area contributed by atoms with Crippen LogP contribution in [0, 0.1) is 0 Å². The zero-order valence-corrected chi connectivity index (χ0v) is 10.7. The highest BCUT2D eigenvalue weighted by Gasteiger charge is 2.11. The first kappa shape index (κ1) is 13.7. The average Bonchev–Trinajstić information content (AvgIpc) is 2.00. The highest BCUT2D eigenvalue weighted by atomic mass is 32.2. The molecule has 1 N–H and O–H groups in total. The molecule has 0 saturated carbocycles. The minimum absolute atomic E-state index is 0.0185. The lowest BCUT2D eigenvalue weighted by atomic mass is 10.1. The Morgan fingerprint density at radius 1 is 1.50 bits per heavy atom. The van der Waals surface area contributed by atoms with E-state index in [9.17, 15) is 4.79 Å². The fourth-order valence-electron chi connectivity index (χ4n) is 0.671. The Kier molecular flexibility index (Phi) is 6.11. The smallest absolute Gasteiger partial charge is 0.306 e. The van der Waals surface area contributed by atoms with Crippen LogP contribution >= 0.6 is 24.0 Å². The summed E-state index contributed by atoms with van der Waals surface area (Å²) in [6, 6.07) is 0. The molecule has 0 rings (SSSR count). The molecule has 0 heterocycles. The van der Waals surface area contributed by atoms with Gasteiger partial charge in [-0.3, -0.25) is 4.79 Å². The summed E-state index contributed by atoms with van der Waals surface area (Å²) in [6.45, 7) is 6.13. The number of thiocarbonyl (C=S) groups is 1. The number of thioether (sulfide) groups is 1. The Bertz CT molecular complexity index is 211. The fourth-order valence-corrected chi connectivity index (χ4v) is 2.06. The third-order valence-corrected chi connectivity index (χ3v) is 2.47. The predicted molar refractivity (Wildman–Crippen MR) is 64.6 cm³/mol. The number of hydrogen-bond donors (Lipinski definition) is 1. The number of hydrogen-bond acceptors (Lipinski definition) is 4. The molecule has 5 heteroatoms. The summed E-state index contributed by atoms with van der Waals surface area (Å²) in [7, 11) is 1.39. The van der Waals surface area contributed by atoms with Crippen molar-refractivity contribution in [2.45, 2.75) is 32.7 Å². The highest BCUT2D eigenvalue weighted by molar-refractivity contribution is 8.22. The van der Waals surface area contributed by atoms with Crippen LogP contribution in [0.1, 0.15) is 27.2 Å². The van der Waals surface area contributed by atoms with Gasteiger partial charge >= 0.3 is 5.97 Å². The van der Waals surface area contributed by atoms with Crippen LogP contribution in [0.4, 0.5) is 0 Å². The lowest BCUT2D eigenvalue weighted by Crippen LogP contribution is -2.38. The quantitative estimate of drug-likeness (QED) is 0.598. The van der Waals surface area contributed by atoms with Crippen molar-refractivity contribution in [2.24, 2.45) is 0 Å². The molecule has 0 radical (unpaired) electrons. The monoisotopic (exact) mass is 235 g/mol. The molecule has 0 aromatic rings. The van der Waals surface area contributed by atoms with E-state index >= 15 is 0 Å². The second kappa shape index (κ2) is 6.24. The summed E-state index contributed by atoms with van der Waals surface area (Å²) in [5.74, 6) is 0.463. The second-order valence-electron chi connectivity index (χ2n) is 3.84. The Labute approximate surface area is 95.0 Å². The van der Waals surface area contributed by atoms with Gasteiger partial charge in [0, 0.05) is 11.3 Å². The van der Waals surface area contributed by atoms with Gasteiger partial charge < -0.3 is 10.1 Å². The van der Waals surface area contributed by atoms with Gasteiger partial charge in [-0.15, -0.1) is 0 Å². The number of carbonyl (C=O) groups is 1. The van der Waals surface area contributed by atoms with E-state index in [4.69, 9.17) is 12.2 Å². The molecule has 0 unspecified atom stereocenters. The average molecular weight is 235 g/mol. The molecule has 3 nitrogen and oxygen atoms in total. The summed E-state index contributed by atoms with van der Waals surface area (Å²) in [4.78, 5) is 10.8. The minimum Gasteiger partial charge on any atom is -0.469 e. The molecular formula is C9H17NO2S2. The standard InChI is InChI=1S/C9H17NO2S2/c1-9(2,3)10-8(13)14-6-5-7(11)12-4/h5-6H2,1-4H3,(H,10,13). The summed E-state index contributed by atoms with van der Waals surface area (Å²) in [5, 5.41) is 3.15. The van der Waals surface area contributed by atoms with E-state index in [1.165, 1.54) is 18.9 Å². The first-order valence-corrected chi connectivity index (χ1v) is 5.76. The SMILES string of the molecule is COC(=O)CCSC(=S)NC(C)(C)C. The second-order valence-corrected chi connectivity index (χ2v) is 5.61. The van der Waals surface area contributed by atoms with Gasteiger partial charge in [-0.05, 0) is 20.8 Å². The molecule has 0 aliphatic heterocycles. The van der Waals surface area contributed by atoms with E-state index in [0.717, 1.165) is 4.32 Å². The van der Waals surface area contributed by atoms with Crippen LogP contribution in [-0.4, -0.2) is 28.7 Å². The Morgan fingerprint density at radius 3 is 2.50 bits per heavy atom. The largest absolute Gasteiger partial charge is 0.469 e. The fraction of sp³-hybridized carbons (Fsp3) is 0.778. The Morgan fingerprint density at radius 2 is 2.07 bits per heavy atom. The first-order chi connectivity index (χ1) is 6.35. The van der Waals surface area contributed by atoms with Crippen molar-refractivity contribution in [3.63, 3.8) is 0 Å². The van der Waals surface area contributed by atoms with Gasteiger partial charge in [-0.25, -0.2) is 0 Å². The molecule has 0 fully saturated rings. The van der Waals surface area contributed by atoms with E-state index < -0.39 is 0 Å². The van der Waals surface area contributed by atoms with Crippen molar-refractivity contribution < 1.29 is 9.53 Å². The lowest BCUT2D eigenvalue weighted by Gasteiger charge is -2.21. The van der Waals surface area contributed by atoms with Gasteiger partial charge in [-0.2, -0.15) is 0 Å². The maximum Gasteiger partial charge on any atom is 0.306 e. The van der Waals surface area contributed by atoms with Crippen molar-refractivity contribution in [1.29, 1.82) is 0 Å². The van der Waals surface area contributed by atoms with Crippen LogP contribution in [0.3, 0.4) is 0 Å². The van der Waals surface area contributed by atoms with Gasteiger partial charge in [0.2, 0.25) is 0 Å². The molecule has 0 aliphatic rings. The molecule has 0 amide bonds. The number of methoxy groups -OCH3 is 1.